The number of likely N-dealkylation sites (tertiary alicyclic amines) is 1. The standard InChI is InChI=1S/C24H29N5O2/c1-31-23-8-7-21-24(28-23)20(9-14-27-21)22(30)17-29-15-10-19(11-16-29)26-13-4-6-18-5-2-3-12-25-18/h2-9,12,14,19,22,26,30H,10-11,13,15-17H2,1H3/t22-/m0/s1. The van der Waals surface area contributed by atoms with Gasteiger partial charge in [-0.3, -0.25) is 9.97 Å². The second kappa shape index (κ2) is 10.4. The van der Waals surface area contributed by atoms with Crippen LogP contribution in [-0.4, -0.2) is 64.3 Å². The highest BCUT2D eigenvalue weighted by atomic mass is 16.5. The molecule has 0 aliphatic carbocycles. The molecule has 0 spiro atoms. The summed E-state index contributed by atoms with van der Waals surface area (Å²) < 4.78 is 5.24. The van der Waals surface area contributed by atoms with Crippen molar-refractivity contribution in [2.75, 3.05) is 33.3 Å². The number of piperidine rings is 1. The van der Waals surface area contributed by atoms with Gasteiger partial charge in [-0.25, -0.2) is 4.98 Å². The molecule has 1 fully saturated rings. The number of nitrogens with zero attached hydrogens (tertiary/aromatic N) is 4. The molecule has 0 saturated carbocycles. The molecular weight excluding hydrogens is 390 g/mol. The van der Waals surface area contributed by atoms with Gasteiger partial charge in [0.1, 0.15) is 0 Å². The quantitative estimate of drug-likeness (QED) is 0.581. The van der Waals surface area contributed by atoms with Crippen LogP contribution in [0, 0.1) is 0 Å². The summed E-state index contributed by atoms with van der Waals surface area (Å²) in [4.78, 5) is 15.5. The van der Waals surface area contributed by atoms with Crippen molar-refractivity contribution < 1.29 is 9.84 Å². The van der Waals surface area contributed by atoms with Crippen LogP contribution in [0.4, 0.5) is 0 Å². The fraction of sp³-hybridized carbons (Fsp3) is 0.375. The van der Waals surface area contributed by atoms with Gasteiger partial charge in [0.15, 0.2) is 0 Å². The van der Waals surface area contributed by atoms with E-state index >= 15 is 0 Å². The summed E-state index contributed by atoms with van der Waals surface area (Å²) >= 11 is 0. The number of aliphatic hydroxyl groups is 1. The van der Waals surface area contributed by atoms with Crippen molar-refractivity contribution in [1.29, 1.82) is 0 Å². The Bertz CT molecular complexity index is 1000. The van der Waals surface area contributed by atoms with Gasteiger partial charge in [-0.2, -0.15) is 0 Å². The van der Waals surface area contributed by atoms with Gasteiger partial charge in [0.25, 0.3) is 0 Å². The number of pyridine rings is 3. The topological polar surface area (TPSA) is 83.4 Å². The van der Waals surface area contributed by atoms with Gasteiger partial charge in [-0.1, -0.05) is 12.1 Å². The van der Waals surface area contributed by atoms with Crippen molar-refractivity contribution in [2.45, 2.75) is 25.0 Å². The third-order valence-electron chi connectivity index (χ3n) is 5.68. The summed E-state index contributed by atoms with van der Waals surface area (Å²) in [7, 11) is 1.59. The van der Waals surface area contributed by atoms with E-state index in [2.05, 4.69) is 31.2 Å². The first-order valence-electron chi connectivity index (χ1n) is 10.7. The number of aromatic nitrogens is 3. The van der Waals surface area contributed by atoms with Crippen LogP contribution < -0.4 is 10.1 Å². The highest BCUT2D eigenvalue weighted by Crippen LogP contribution is 2.25. The van der Waals surface area contributed by atoms with Crippen LogP contribution in [0.25, 0.3) is 17.1 Å². The molecule has 7 heteroatoms. The van der Waals surface area contributed by atoms with Crippen LogP contribution in [0.2, 0.25) is 0 Å². The lowest BCUT2D eigenvalue weighted by atomic mass is 10.0. The van der Waals surface area contributed by atoms with Crippen LogP contribution in [0.15, 0.2) is 54.9 Å². The van der Waals surface area contributed by atoms with Gasteiger partial charge in [0.05, 0.1) is 29.9 Å². The molecule has 1 aliphatic heterocycles. The highest BCUT2D eigenvalue weighted by molar-refractivity contribution is 5.78. The zero-order valence-electron chi connectivity index (χ0n) is 17.8. The van der Waals surface area contributed by atoms with E-state index in [0.29, 0.717) is 24.0 Å². The average Bonchev–Trinajstić information content (AvgIpc) is 2.82. The Labute approximate surface area is 182 Å². The Balaban J connectivity index is 1.27. The van der Waals surface area contributed by atoms with Gasteiger partial charge in [-0.15, -0.1) is 0 Å². The molecule has 7 nitrogen and oxygen atoms in total. The Morgan fingerprint density at radius 1 is 1.16 bits per heavy atom. The summed E-state index contributed by atoms with van der Waals surface area (Å²) in [5.41, 5.74) is 3.23. The molecule has 4 heterocycles. The van der Waals surface area contributed by atoms with Crippen molar-refractivity contribution in [1.82, 2.24) is 25.2 Å². The summed E-state index contributed by atoms with van der Waals surface area (Å²) in [6, 6.07) is 11.9. The van der Waals surface area contributed by atoms with Gasteiger partial charge in [0.2, 0.25) is 5.88 Å². The van der Waals surface area contributed by atoms with Crippen molar-refractivity contribution in [2.24, 2.45) is 0 Å². The molecule has 0 bridgehead atoms. The van der Waals surface area contributed by atoms with E-state index in [9.17, 15) is 5.11 Å². The molecule has 3 aromatic rings. The summed E-state index contributed by atoms with van der Waals surface area (Å²) in [6.07, 6.45) is 9.20. The van der Waals surface area contributed by atoms with Crippen molar-refractivity contribution >= 4 is 17.1 Å². The van der Waals surface area contributed by atoms with E-state index in [-0.39, 0.29) is 0 Å². The molecule has 162 valence electrons. The number of hydrogen-bond acceptors (Lipinski definition) is 7. The summed E-state index contributed by atoms with van der Waals surface area (Å²) in [5, 5.41) is 14.5. The fourth-order valence-corrected chi connectivity index (χ4v) is 3.96. The first-order valence-corrected chi connectivity index (χ1v) is 10.7. The van der Waals surface area contributed by atoms with Crippen molar-refractivity contribution in [3.8, 4) is 5.88 Å². The lowest BCUT2D eigenvalue weighted by molar-refractivity contribution is 0.0953. The minimum atomic E-state index is -0.615. The van der Waals surface area contributed by atoms with E-state index in [1.807, 2.05) is 36.4 Å². The molecule has 0 amide bonds. The van der Waals surface area contributed by atoms with E-state index in [1.54, 1.807) is 25.6 Å². The van der Waals surface area contributed by atoms with Gasteiger partial charge < -0.3 is 20.1 Å². The molecule has 1 aliphatic rings. The second-order valence-corrected chi connectivity index (χ2v) is 7.78. The lowest BCUT2D eigenvalue weighted by Gasteiger charge is -2.33. The smallest absolute Gasteiger partial charge is 0.213 e. The van der Waals surface area contributed by atoms with Gasteiger partial charge >= 0.3 is 0 Å². The Morgan fingerprint density at radius 3 is 2.81 bits per heavy atom. The van der Waals surface area contributed by atoms with E-state index in [1.165, 1.54) is 0 Å². The molecule has 1 saturated heterocycles. The first kappa shape index (κ1) is 21.4. The number of methoxy groups -OCH3 is 1. The maximum absolute atomic E-state index is 10.9. The zero-order valence-corrected chi connectivity index (χ0v) is 17.8. The molecule has 0 aromatic carbocycles. The maximum Gasteiger partial charge on any atom is 0.213 e. The molecular formula is C24H29N5O2. The Hall–Kier alpha value is -2.87. The third kappa shape index (κ3) is 5.64. The molecule has 0 radical (unpaired) electrons. The third-order valence-corrected chi connectivity index (χ3v) is 5.68. The Kier molecular flexibility index (Phi) is 7.19. The summed E-state index contributed by atoms with van der Waals surface area (Å²) in [5.74, 6) is 0.526. The van der Waals surface area contributed by atoms with E-state index in [4.69, 9.17) is 4.74 Å². The molecule has 1 atom stereocenters. The van der Waals surface area contributed by atoms with Gasteiger partial charge in [0, 0.05) is 43.2 Å². The minimum Gasteiger partial charge on any atom is -0.481 e. The number of fused-ring (bicyclic) bond motifs is 1. The van der Waals surface area contributed by atoms with E-state index in [0.717, 1.165) is 49.2 Å². The average molecular weight is 420 g/mol. The van der Waals surface area contributed by atoms with Crippen LogP contribution >= 0.6 is 0 Å². The lowest BCUT2D eigenvalue weighted by Crippen LogP contribution is -2.43. The summed E-state index contributed by atoms with van der Waals surface area (Å²) in [6.45, 7) is 3.33. The van der Waals surface area contributed by atoms with Gasteiger partial charge in [-0.05, 0) is 56.3 Å². The second-order valence-electron chi connectivity index (χ2n) is 7.78. The van der Waals surface area contributed by atoms with Crippen LogP contribution in [0.3, 0.4) is 0 Å². The van der Waals surface area contributed by atoms with Crippen LogP contribution in [0.1, 0.15) is 30.2 Å². The molecule has 31 heavy (non-hydrogen) atoms. The highest BCUT2D eigenvalue weighted by Gasteiger charge is 2.22. The largest absolute Gasteiger partial charge is 0.481 e. The molecule has 3 aromatic heterocycles. The molecule has 0 unspecified atom stereocenters. The maximum atomic E-state index is 10.9. The molecule has 2 N–H and O–H groups in total. The monoisotopic (exact) mass is 419 g/mol. The SMILES string of the molecule is COc1ccc2nccc([C@@H](O)CN3CCC(NCC=Cc4ccccn4)CC3)c2n1. The number of β-amino-alcohol motifs (C(OH)–C–C–N with tert-alkyl or cyclic N) is 1. The van der Waals surface area contributed by atoms with Crippen molar-refractivity contribution in [3.63, 3.8) is 0 Å². The predicted molar refractivity (Wildman–Crippen MR) is 122 cm³/mol. The fourth-order valence-electron chi connectivity index (χ4n) is 3.96. The number of nitrogens with one attached hydrogen (secondary N) is 1. The first-order chi connectivity index (χ1) is 15.2. The normalized spacial score (nSPS) is 16.7. The number of hydrogen-bond donors (Lipinski definition) is 2. The number of aliphatic hydroxyl groups excluding tert-OH is 1. The van der Waals surface area contributed by atoms with Crippen molar-refractivity contribution in [3.05, 3.63) is 66.1 Å². The minimum absolute atomic E-state index is 0.495. The van der Waals surface area contributed by atoms with E-state index < -0.39 is 6.10 Å². The Morgan fingerprint density at radius 2 is 2.03 bits per heavy atom. The van der Waals surface area contributed by atoms with Crippen LogP contribution in [-0.2, 0) is 0 Å². The zero-order chi connectivity index (χ0) is 21.5. The molecule has 4 rings (SSSR count). The number of ether oxygens (including phenoxy) is 1. The van der Waals surface area contributed by atoms with Crippen LogP contribution in [0.5, 0.6) is 5.88 Å². The predicted octanol–water partition coefficient (Wildman–Crippen LogP) is 2.83. The number of rotatable bonds is 8.